The van der Waals surface area contributed by atoms with Crippen LogP contribution in [0, 0.1) is 0 Å². The zero-order valence-corrected chi connectivity index (χ0v) is 14.7. The number of hydrogen-bond acceptors (Lipinski definition) is 4. The first-order chi connectivity index (χ1) is 12.8. The van der Waals surface area contributed by atoms with Crippen molar-refractivity contribution in [2.75, 3.05) is 0 Å². The molecule has 0 amide bonds. The molecule has 26 heavy (non-hydrogen) atoms. The van der Waals surface area contributed by atoms with Crippen molar-refractivity contribution in [2.45, 2.75) is 16.8 Å². The molecule has 0 aliphatic carbocycles. The van der Waals surface area contributed by atoms with Gasteiger partial charge in [0.1, 0.15) is 0 Å². The maximum Gasteiger partial charge on any atom is 0.250 e. The lowest BCUT2D eigenvalue weighted by atomic mass is 10.0. The van der Waals surface area contributed by atoms with Crippen LogP contribution < -0.4 is 0 Å². The van der Waals surface area contributed by atoms with Crippen LogP contribution in [0.1, 0.15) is 22.0 Å². The predicted octanol–water partition coefficient (Wildman–Crippen LogP) is 4.98. The number of carbonyl (C=O) groups is 1. The third-order valence-electron chi connectivity index (χ3n) is 4.62. The maximum atomic E-state index is 12.7. The van der Waals surface area contributed by atoms with Gasteiger partial charge < -0.3 is 0 Å². The number of benzene rings is 3. The second-order valence-electron chi connectivity index (χ2n) is 6.27. The molecule has 0 fully saturated rings. The van der Waals surface area contributed by atoms with E-state index in [1.807, 2.05) is 42.5 Å². The number of nitrogens with zero attached hydrogens (tertiary/aromatic N) is 3. The molecule has 3 aromatic carbocycles. The molecule has 1 aliphatic heterocycles. The zero-order valence-electron chi connectivity index (χ0n) is 13.9. The Bertz CT molecular complexity index is 1120. The molecule has 1 atom stereocenters. The highest BCUT2D eigenvalue weighted by Crippen LogP contribution is 2.43. The summed E-state index contributed by atoms with van der Waals surface area (Å²) >= 11 is 1.61. The molecular formula is C21H15N3OS. The summed E-state index contributed by atoms with van der Waals surface area (Å²) in [5, 5.41) is 7.52. The number of carbonyl (C=O) groups excluding carboxylic acids is 1. The van der Waals surface area contributed by atoms with Crippen molar-refractivity contribution in [3.63, 3.8) is 0 Å². The zero-order chi connectivity index (χ0) is 17.5. The summed E-state index contributed by atoms with van der Waals surface area (Å²) in [4.78, 5) is 17.3. The molecule has 0 unspecified atom stereocenters. The van der Waals surface area contributed by atoms with E-state index >= 15 is 0 Å². The molecule has 5 rings (SSSR count). The molecule has 126 valence electrons. The van der Waals surface area contributed by atoms with Gasteiger partial charge in [-0.1, -0.05) is 84.6 Å². The summed E-state index contributed by atoms with van der Waals surface area (Å²) in [7, 11) is 0. The fourth-order valence-electron chi connectivity index (χ4n) is 3.36. The first-order valence-corrected chi connectivity index (χ1v) is 9.37. The van der Waals surface area contributed by atoms with Crippen molar-refractivity contribution in [1.29, 1.82) is 0 Å². The molecule has 0 saturated carbocycles. The minimum atomic E-state index is -0.00800. The number of hydrogen-bond donors (Lipinski definition) is 0. The van der Waals surface area contributed by atoms with Crippen molar-refractivity contribution in [1.82, 2.24) is 14.8 Å². The van der Waals surface area contributed by atoms with Crippen LogP contribution in [0.3, 0.4) is 0 Å². The van der Waals surface area contributed by atoms with Crippen molar-refractivity contribution < 1.29 is 4.79 Å². The highest BCUT2D eigenvalue weighted by Gasteiger charge is 2.30. The minimum Gasteiger partial charge on any atom is -0.272 e. The van der Waals surface area contributed by atoms with Crippen LogP contribution in [0.15, 0.2) is 78.0 Å². The standard InChI is InChI=1S/C21H15N3OS/c25-19-13-18(17-12-6-10-14-7-4-5-11-16(14)17)26-21-22-20(23-24(19)21)15-8-2-1-3-9-15/h1-12,18H,13H2/t18-/m0/s1. The van der Waals surface area contributed by atoms with Crippen molar-refractivity contribution in [3.8, 4) is 11.4 Å². The van der Waals surface area contributed by atoms with Gasteiger partial charge in [-0.2, -0.15) is 4.68 Å². The third-order valence-corrected chi connectivity index (χ3v) is 5.80. The summed E-state index contributed by atoms with van der Waals surface area (Å²) in [6.45, 7) is 0. The van der Waals surface area contributed by atoms with Gasteiger partial charge in [-0.05, 0) is 16.3 Å². The second-order valence-corrected chi connectivity index (χ2v) is 7.44. The Labute approximate surface area is 154 Å². The van der Waals surface area contributed by atoms with Crippen LogP contribution in [0.2, 0.25) is 0 Å². The summed E-state index contributed by atoms with van der Waals surface area (Å²) in [6.07, 6.45) is 0.420. The molecule has 5 heteroatoms. The molecule has 4 aromatic rings. The third kappa shape index (κ3) is 2.52. The number of thioether (sulfide) groups is 1. The van der Waals surface area contributed by atoms with Crippen LogP contribution in [-0.4, -0.2) is 20.7 Å². The van der Waals surface area contributed by atoms with Gasteiger partial charge in [-0.25, -0.2) is 4.98 Å². The molecule has 0 N–H and O–H groups in total. The van der Waals surface area contributed by atoms with Crippen molar-refractivity contribution in [2.24, 2.45) is 0 Å². The Kier molecular flexibility index (Phi) is 3.60. The van der Waals surface area contributed by atoms with Crippen LogP contribution in [-0.2, 0) is 0 Å². The van der Waals surface area contributed by atoms with E-state index in [0.29, 0.717) is 17.4 Å². The molecule has 1 aliphatic rings. The SMILES string of the molecule is O=C1C[C@@H](c2cccc3ccccc23)Sc2nc(-c3ccccc3)nn21. The van der Waals surface area contributed by atoms with Crippen molar-refractivity contribution in [3.05, 3.63) is 78.4 Å². The average Bonchev–Trinajstić information content (AvgIpc) is 3.13. The summed E-state index contributed by atoms with van der Waals surface area (Å²) in [6, 6.07) is 24.3. The Hall–Kier alpha value is -2.92. The van der Waals surface area contributed by atoms with E-state index in [4.69, 9.17) is 0 Å². The number of fused-ring (bicyclic) bond motifs is 2. The highest BCUT2D eigenvalue weighted by atomic mass is 32.2. The molecule has 1 aromatic heterocycles. The number of rotatable bonds is 2. The molecule has 0 bridgehead atoms. The van der Waals surface area contributed by atoms with Gasteiger partial charge >= 0.3 is 0 Å². The topological polar surface area (TPSA) is 47.8 Å². The van der Waals surface area contributed by atoms with E-state index in [1.54, 1.807) is 11.8 Å². The van der Waals surface area contributed by atoms with Crippen LogP contribution in [0.4, 0.5) is 0 Å². The van der Waals surface area contributed by atoms with Gasteiger partial charge in [0.15, 0.2) is 11.0 Å². The Balaban J connectivity index is 1.56. The van der Waals surface area contributed by atoms with Crippen molar-refractivity contribution >= 4 is 28.4 Å². The monoisotopic (exact) mass is 357 g/mol. The fraction of sp³-hybridized carbons (Fsp3) is 0.0952. The van der Waals surface area contributed by atoms with Gasteiger partial charge in [0.25, 0.3) is 5.91 Å². The van der Waals surface area contributed by atoms with E-state index in [0.717, 1.165) is 5.56 Å². The molecule has 4 nitrogen and oxygen atoms in total. The lowest BCUT2D eigenvalue weighted by molar-refractivity contribution is 0.0868. The van der Waals surface area contributed by atoms with Crippen LogP contribution >= 0.6 is 11.8 Å². The fourth-order valence-corrected chi connectivity index (χ4v) is 4.56. The van der Waals surface area contributed by atoms with E-state index in [9.17, 15) is 4.79 Å². The predicted molar refractivity (Wildman–Crippen MR) is 103 cm³/mol. The van der Waals surface area contributed by atoms with Gasteiger partial charge in [0.2, 0.25) is 0 Å². The van der Waals surface area contributed by atoms with Gasteiger partial charge in [-0.15, -0.1) is 5.10 Å². The maximum absolute atomic E-state index is 12.7. The molecule has 2 heterocycles. The molecule has 0 radical (unpaired) electrons. The highest BCUT2D eigenvalue weighted by molar-refractivity contribution is 7.99. The lowest BCUT2D eigenvalue weighted by Crippen LogP contribution is -2.21. The minimum absolute atomic E-state index is 0.00800. The molecule has 0 spiro atoms. The van der Waals surface area contributed by atoms with Crippen LogP contribution in [0.5, 0.6) is 0 Å². The van der Waals surface area contributed by atoms with Gasteiger partial charge in [0, 0.05) is 17.2 Å². The average molecular weight is 357 g/mol. The van der Waals surface area contributed by atoms with Crippen LogP contribution in [0.25, 0.3) is 22.2 Å². The molecular weight excluding hydrogens is 342 g/mol. The van der Waals surface area contributed by atoms with Gasteiger partial charge in [-0.3, -0.25) is 4.79 Å². The molecule has 0 saturated heterocycles. The first kappa shape index (κ1) is 15.3. The smallest absolute Gasteiger partial charge is 0.250 e. The normalized spacial score (nSPS) is 16.6. The Morgan fingerprint density at radius 1 is 0.923 bits per heavy atom. The summed E-state index contributed by atoms with van der Waals surface area (Å²) in [5.41, 5.74) is 2.10. The first-order valence-electron chi connectivity index (χ1n) is 8.49. The van der Waals surface area contributed by atoms with E-state index in [2.05, 4.69) is 40.4 Å². The number of aromatic nitrogens is 3. The Morgan fingerprint density at radius 2 is 1.69 bits per heavy atom. The van der Waals surface area contributed by atoms with Gasteiger partial charge in [0.05, 0.1) is 0 Å². The summed E-state index contributed by atoms with van der Waals surface area (Å²) in [5.74, 6) is 0.589. The van der Waals surface area contributed by atoms with E-state index in [-0.39, 0.29) is 11.2 Å². The van der Waals surface area contributed by atoms with E-state index < -0.39 is 0 Å². The lowest BCUT2D eigenvalue weighted by Gasteiger charge is -2.21. The van der Waals surface area contributed by atoms with E-state index in [1.165, 1.54) is 21.0 Å². The summed E-state index contributed by atoms with van der Waals surface area (Å²) < 4.78 is 1.45. The quantitative estimate of drug-likeness (QED) is 0.508. The second kappa shape index (κ2) is 6.11. The largest absolute Gasteiger partial charge is 0.272 e. The Morgan fingerprint density at radius 3 is 2.58 bits per heavy atom.